The molecule has 0 aliphatic carbocycles. The average molecular weight is 287 g/mol. The van der Waals surface area contributed by atoms with Crippen molar-refractivity contribution in [2.45, 2.75) is 12.6 Å². The first-order valence-electron chi connectivity index (χ1n) is 6.30. The maximum Gasteiger partial charge on any atom is 0.397 e. The Morgan fingerprint density at radius 2 is 1.65 bits per heavy atom. The minimum absolute atomic E-state index is 0.305. The number of hydrogen-bond acceptors (Lipinski definition) is 3. The highest BCUT2D eigenvalue weighted by molar-refractivity contribution is 5.77. The quantitative estimate of drug-likeness (QED) is 0.845. The Bertz CT molecular complexity index is 465. The van der Waals surface area contributed by atoms with Crippen LogP contribution in [-0.4, -0.2) is 43.2 Å². The Hall–Kier alpha value is -1.92. The van der Waals surface area contributed by atoms with E-state index in [4.69, 9.17) is 5.73 Å². The lowest BCUT2D eigenvalue weighted by Crippen LogP contribution is -2.49. The zero-order chi connectivity index (χ0) is 14.8. The summed E-state index contributed by atoms with van der Waals surface area (Å²) in [5.74, 6) is -0.852. The van der Waals surface area contributed by atoms with Gasteiger partial charge in [0.05, 0.1) is 0 Å². The van der Waals surface area contributed by atoms with E-state index in [1.54, 1.807) is 12.1 Å². The van der Waals surface area contributed by atoms with E-state index >= 15 is 0 Å². The molecule has 1 aromatic rings. The second kappa shape index (κ2) is 5.60. The van der Waals surface area contributed by atoms with Crippen molar-refractivity contribution in [2.24, 2.45) is 0 Å². The van der Waals surface area contributed by atoms with Crippen LogP contribution in [0.4, 0.5) is 24.5 Å². The van der Waals surface area contributed by atoms with Crippen LogP contribution in [0.1, 0.15) is 6.42 Å². The molecule has 0 aromatic heterocycles. The molecular formula is C13H16F3N3O. The molecule has 110 valence electrons. The Morgan fingerprint density at radius 3 is 2.15 bits per heavy atom. The van der Waals surface area contributed by atoms with Crippen molar-refractivity contribution in [2.75, 3.05) is 36.8 Å². The van der Waals surface area contributed by atoms with E-state index in [1.165, 1.54) is 4.90 Å². The zero-order valence-electron chi connectivity index (χ0n) is 10.9. The number of rotatable bonds is 2. The van der Waals surface area contributed by atoms with Gasteiger partial charge in [0.2, 0.25) is 5.91 Å². The van der Waals surface area contributed by atoms with Gasteiger partial charge < -0.3 is 15.5 Å². The summed E-state index contributed by atoms with van der Waals surface area (Å²) < 4.78 is 36.5. The third-order valence-corrected chi connectivity index (χ3v) is 3.24. The third kappa shape index (κ3) is 3.79. The second-order valence-electron chi connectivity index (χ2n) is 4.75. The van der Waals surface area contributed by atoms with E-state index in [-0.39, 0.29) is 0 Å². The molecule has 1 aromatic carbocycles. The molecule has 1 fully saturated rings. The monoisotopic (exact) mass is 287 g/mol. The molecule has 2 rings (SSSR count). The highest BCUT2D eigenvalue weighted by Gasteiger charge is 2.34. The van der Waals surface area contributed by atoms with E-state index in [2.05, 4.69) is 0 Å². The van der Waals surface area contributed by atoms with Crippen LogP contribution < -0.4 is 10.6 Å². The summed E-state index contributed by atoms with van der Waals surface area (Å²) in [7, 11) is 0. The fourth-order valence-corrected chi connectivity index (χ4v) is 2.18. The Balaban J connectivity index is 1.89. The van der Waals surface area contributed by atoms with Crippen molar-refractivity contribution < 1.29 is 18.0 Å². The molecule has 0 bridgehead atoms. The summed E-state index contributed by atoms with van der Waals surface area (Å²) in [6.45, 7) is 1.65. The number of benzene rings is 1. The number of carbonyl (C=O) groups is 1. The first-order chi connectivity index (χ1) is 9.35. The van der Waals surface area contributed by atoms with Crippen LogP contribution in [0.5, 0.6) is 0 Å². The number of anilines is 2. The van der Waals surface area contributed by atoms with Crippen LogP contribution in [0.15, 0.2) is 24.3 Å². The Kier molecular flexibility index (Phi) is 4.06. The lowest BCUT2D eigenvalue weighted by molar-refractivity contribution is -0.161. The fraction of sp³-hybridized carbons (Fsp3) is 0.462. The van der Waals surface area contributed by atoms with Crippen molar-refractivity contribution in [3.63, 3.8) is 0 Å². The smallest absolute Gasteiger partial charge is 0.397 e. The van der Waals surface area contributed by atoms with Gasteiger partial charge in [-0.05, 0) is 24.3 Å². The van der Waals surface area contributed by atoms with Gasteiger partial charge in [-0.3, -0.25) is 4.79 Å². The molecule has 0 atom stereocenters. The Morgan fingerprint density at radius 1 is 1.10 bits per heavy atom. The number of amides is 1. The highest BCUT2D eigenvalue weighted by Crippen LogP contribution is 2.22. The molecule has 1 saturated heterocycles. The number of halogens is 3. The maximum atomic E-state index is 12.2. The molecule has 20 heavy (non-hydrogen) atoms. The van der Waals surface area contributed by atoms with Crippen molar-refractivity contribution in [1.29, 1.82) is 0 Å². The van der Waals surface area contributed by atoms with Crippen molar-refractivity contribution >= 4 is 17.3 Å². The molecule has 2 N–H and O–H groups in total. The van der Waals surface area contributed by atoms with Gasteiger partial charge >= 0.3 is 6.18 Å². The molecule has 1 aliphatic rings. The third-order valence-electron chi connectivity index (χ3n) is 3.24. The lowest BCUT2D eigenvalue weighted by atomic mass is 10.2. The highest BCUT2D eigenvalue weighted by atomic mass is 19.4. The number of alkyl halides is 3. The first kappa shape index (κ1) is 14.5. The van der Waals surface area contributed by atoms with Gasteiger partial charge in [0, 0.05) is 37.6 Å². The van der Waals surface area contributed by atoms with Gasteiger partial charge in [-0.1, -0.05) is 0 Å². The summed E-state index contributed by atoms with van der Waals surface area (Å²) in [5.41, 5.74) is 7.22. The van der Waals surface area contributed by atoms with Crippen LogP contribution in [0.2, 0.25) is 0 Å². The number of nitrogens with zero attached hydrogens (tertiary/aromatic N) is 2. The van der Waals surface area contributed by atoms with Gasteiger partial charge in [0.25, 0.3) is 0 Å². The van der Waals surface area contributed by atoms with Crippen LogP contribution in [-0.2, 0) is 4.79 Å². The van der Waals surface area contributed by atoms with Crippen LogP contribution in [0.3, 0.4) is 0 Å². The number of hydrogen-bond donors (Lipinski definition) is 1. The Labute approximate surface area is 114 Å². The average Bonchev–Trinajstić information content (AvgIpc) is 2.38. The van der Waals surface area contributed by atoms with E-state index in [1.807, 2.05) is 17.0 Å². The van der Waals surface area contributed by atoms with Gasteiger partial charge in [-0.25, -0.2) is 0 Å². The topological polar surface area (TPSA) is 49.6 Å². The molecule has 0 spiro atoms. The van der Waals surface area contributed by atoms with Gasteiger partial charge in [0.15, 0.2) is 0 Å². The normalized spacial score (nSPS) is 16.4. The van der Waals surface area contributed by atoms with Gasteiger partial charge in [-0.15, -0.1) is 0 Å². The first-order valence-corrected chi connectivity index (χ1v) is 6.30. The summed E-state index contributed by atoms with van der Waals surface area (Å²) in [5, 5.41) is 0. The predicted octanol–water partition coefficient (Wildman–Crippen LogP) is 1.87. The molecule has 1 aliphatic heterocycles. The van der Waals surface area contributed by atoms with Gasteiger partial charge in [-0.2, -0.15) is 13.2 Å². The van der Waals surface area contributed by atoms with Crippen LogP contribution >= 0.6 is 0 Å². The summed E-state index contributed by atoms with van der Waals surface area (Å²) >= 11 is 0. The summed E-state index contributed by atoms with van der Waals surface area (Å²) in [4.78, 5) is 14.8. The van der Waals surface area contributed by atoms with Gasteiger partial charge in [0.1, 0.15) is 6.42 Å². The summed E-state index contributed by atoms with van der Waals surface area (Å²) in [6, 6.07) is 7.28. The standard InChI is InChI=1S/C13H16F3N3O/c14-13(15,16)9-12(20)19-7-5-18(6-8-19)11-3-1-10(17)2-4-11/h1-4H,5-9,17H2. The molecule has 4 nitrogen and oxygen atoms in total. The van der Waals surface area contributed by atoms with Crippen LogP contribution in [0, 0.1) is 0 Å². The largest absolute Gasteiger partial charge is 0.399 e. The van der Waals surface area contributed by atoms with Crippen molar-refractivity contribution in [1.82, 2.24) is 4.90 Å². The second-order valence-corrected chi connectivity index (χ2v) is 4.75. The minimum Gasteiger partial charge on any atom is -0.399 e. The predicted molar refractivity (Wildman–Crippen MR) is 70.3 cm³/mol. The molecule has 7 heteroatoms. The van der Waals surface area contributed by atoms with E-state index in [0.717, 1.165) is 5.69 Å². The van der Waals surface area contributed by atoms with Crippen molar-refractivity contribution in [3.05, 3.63) is 24.3 Å². The minimum atomic E-state index is -4.44. The molecule has 0 radical (unpaired) electrons. The zero-order valence-corrected chi connectivity index (χ0v) is 10.9. The number of nitrogens with two attached hydrogens (primary N) is 1. The SMILES string of the molecule is Nc1ccc(N2CCN(C(=O)CC(F)(F)F)CC2)cc1. The molecule has 1 heterocycles. The lowest BCUT2D eigenvalue weighted by Gasteiger charge is -2.36. The van der Waals surface area contributed by atoms with Crippen molar-refractivity contribution in [3.8, 4) is 0 Å². The molecular weight excluding hydrogens is 271 g/mol. The molecule has 0 saturated carbocycles. The number of nitrogen functional groups attached to an aromatic ring is 1. The van der Waals surface area contributed by atoms with E-state index in [9.17, 15) is 18.0 Å². The van der Waals surface area contributed by atoms with E-state index in [0.29, 0.717) is 31.9 Å². The fourth-order valence-electron chi connectivity index (χ4n) is 2.18. The van der Waals surface area contributed by atoms with Crippen LogP contribution in [0.25, 0.3) is 0 Å². The molecule has 1 amide bonds. The molecule has 0 unspecified atom stereocenters. The summed E-state index contributed by atoms with van der Waals surface area (Å²) in [6.07, 6.45) is -5.82. The maximum absolute atomic E-state index is 12.2. The van der Waals surface area contributed by atoms with E-state index < -0.39 is 18.5 Å². The number of carbonyl (C=O) groups excluding carboxylic acids is 1. The number of piperazine rings is 1.